The van der Waals surface area contributed by atoms with E-state index in [0.29, 0.717) is 17.3 Å². The number of furan rings is 2. The molecule has 0 radical (unpaired) electrons. The normalized spacial score (nSPS) is 10.7. The van der Waals surface area contributed by atoms with Crippen molar-refractivity contribution >= 4 is 18.5 Å². The van der Waals surface area contributed by atoms with Gasteiger partial charge in [0.15, 0.2) is 17.6 Å². The molecule has 28 heavy (non-hydrogen) atoms. The number of rotatable bonds is 7. The van der Waals surface area contributed by atoms with Crippen molar-refractivity contribution in [3.63, 3.8) is 0 Å². The minimum atomic E-state index is -1.25. The van der Waals surface area contributed by atoms with Gasteiger partial charge < -0.3 is 23.6 Å². The van der Waals surface area contributed by atoms with Crippen molar-refractivity contribution in [2.75, 3.05) is 6.54 Å². The average molecular weight is 411 g/mol. The Labute approximate surface area is 165 Å². The van der Waals surface area contributed by atoms with Gasteiger partial charge in [0.1, 0.15) is 11.5 Å². The molecular weight excluding hydrogens is 396 g/mol. The highest BCUT2D eigenvalue weighted by atomic mass is 35.5. The van der Waals surface area contributed by atoms with E-state index in [-0.39, 0.29) is 31.3 Å². The van der Waals surface area contributed by atoms with E-state index in [2.05, 4.69) is 9.69 Å². The van der Waals surface area contributed by atoms with Crippen molar-refractivity contribution in [2.45, 2.75) is 19.2 Å². The molecule has 11 nitrogen and oxygen atoms in total. The third-order valence-electron chi connectivity index (χ3n) is 2.85. The summed E-state index contributed by atoms with van der Waals surface area (Å²) in [6, 6.07) is 6.17. The highest BCUT2D eigenvalue weighted by Crippen LogP contribution is 2.17. The lowest BCUT2D eigenvalue weighted by Gasteiger charge is -2.00. The molecular formula is C16H15ClN4O7. The van der Waals surface area contributed by atoms with Gasteiger partial charge in [0.25, 0.3) is 13.1 Å². The van der Waals surface area contributed by atoms with Crippen LogP contribution in [0.3, 0.4) is 0 Å². The highest BCUT2D eigenvalue weighted by Gasteiger charge is 2.18. The predicted molar refractivity (Wildman–Crippen MR) is 98.1 cm³/mol. The number of aliphatic hydroxyl groups excluding tert-OH is 1. The van der Waals surface area contributed by atoms with Crippen molar-refractivity contribution in [2.24, 2.45) is 0 Å². The fourth-order valence-electron chi connectivity index (χ4n) is 1.75. The van der Waals surface area contributed by atoms with E-state index in [1.807, 2.05) is 0 Å². The Bertz CT molecular complexity index is 891. The van der Waals surface area contributed by atoms with Crippen molar-refractivity contribution < 1.29 is 23.8 Å². The van der Waals surface area contributed by atoms with E-state index in [1.165, 1.54) is 18.2 Å². The second kappa shape index (κ2) is 12.6. The molecule has 0 fully saturated rings. The van der Waals surface area contributed by atoms with Crippen LogP contribution >= 0.6 is 12.4 Å². The molecule has 1 unspecified atom stereocenters. The molecule has 0 saturated carbocycles. The minimum Gasteiger partial charge on any atom is -0.455 e. The zero-order valence-corrected chi connectivity index (χ0v) is 15.1. The predicted octanol–water partition coefficient (Wildman–Crippen LogP) is 3.38. The number of halogens is 1. The first-order valence-electron chi connectivity index (χ1n) is 7.31. The number of nitro groups is 2. The van der Waals surface area contributed by atoms with Gasteiger partial charge in [0.05, 0.1) is 11.0 Å². The molecule has 1 N–H and O–H groups in total. The molecule has 2 aromatic heterocycles. The molecule has 12 heteroatoms. The van der Waals surface area contributed by atoms with Crippen LogP contribution < -0.4 is 0 Å². The van der Waals surface area contributed by atoms with Gasteiger partial charge in [-0.25, -0.2) is 13.1 Å². The van der Waals surface area contributed by atoms with Crippen LogP contribution in [0, 0.1) is 33.4 Å². The largest absolute Gasteiger partial charge is 0.455 e. The third kappa shape index (κ3) is 9.15. The van der Waals surface area contributed by atoms with Crippen LogP contribution in [-0.4, -0.2) is 21.5 Å². The molecule has 0 amide bonds. The molecule has 0 aromatic carbocycles. The van der Waals surface area contributed by atoms with Gasteiger partial charge in [0.2, 0.25) is 12.7 Å². The standard InChI is InChI=1S/C8H8N2O4.C8H6N2O3.ClH/c1-9-4-6-2-3-8(14-6)7(11)5-10(12)13;1-9-6-8-3-2-7(13-8)4-5-10(11)12;/h2-3,7,11H,4-5H2;2-5H,6H2;1H/b;5-4+;. The van der Waals surface area contributed by atoms with E-state index < -0.39 is 22.5 Å². The molecule has 1 atom stereocenters. The summed E-state index contributed by atoms with van der Waals surface area (Å²) in [7, 11) is 0. The number of hydrogen-bond acceptors (Lipinski definition) is 7. The van der Waals surface area contributed by atoms with Crippen molar-refractivity contribution in [3.8, 4) is 0 Å². The molecule has 0 aliphatic heterocycles. The van der Waals surface area contributed by atoms with E-state index in [0.717, 1.165) is 6.20 Å². The zero-order valence-electron chi connectivity index (χ0n) is 14.3. The monoisotopic (exact) mass is 410 g/mol. The number of aliphatic hydroxyl groups is 1. The summed E-state index contributed by atoms with van der Waals surface area (Å²) in [6.45, 7) is 12.8. The van der Waals surface area contributed by atoms with Crippen LogP contribution in [0.5, 0.6) is 0 Å². The lowest BCUT2D eigenvalue weighted by Crippen LogP contribution is -2.10. The SMILES string of the molecule is Cl.[C-]#[N+]Cc1ccc(/C=C/[N+](=O)[O-])o1.[C-]#[N+]Cc1ccc(C(O)C[N+](=O)[O-])o1. The first-order valence-corrected chi connectivity index (χ1v) is 7.31. The summed E-state index contributed by atoms with van der Waals surface area (Å²) in [6.07, 6.45) is 0.790. The zero-order chi connectivity index (χ0) is 20.2. The van der Waals surface area contributed by atoms with Gasteiger partial charge in [-0.2, -0.15) is 0 Å². The van der Waals surface area contributed by atoms with Crippen molar-refractivity contribution in [3.05, 3.63) is 96.6 Å². The van der Waals surface area contributed by atoms with E-state index in [9.17, 15) is 25.3 Å². The first-order chi connectivity index (χ1) is 12.8. The smallest absolute Gasteiger partial charge is 0.271 e. The van der Waals surface area contributed by atoms with E-state index in [1.54, 1.807) is 12.1 Å². The van der Waals surface area contributed by atoms with Gasteiger partial charge in [-0.05, 0) is 24.3 Å². The van der Waals surface area contributed by atoms with Gasteiger partial charge in [-0.15, -0.1) is 12.4 Å². The fourth-order valence-corrected chi connectivity index (χ4v) is 1.75. The molecule has 0 aliphatic rings. The Morgan fingerprint density at radius 3 is 2.18 bits per heavy atom. The Balaban J connectivity index is 0.000000504. The summed E-state index contributed by atoms with van der Waals surface area (Å²) in [5.41, 5.74) is 0. The Morgan fingerprint density at radius 2 is 1.64 bits per heavy atom. The fraction of sp³-hybridized carbons (Fsp3) is 0.250. The van der Waals surface area contributed by atoms with Crippen LogP contribution in [0.1, 0.15) is 29.1 Å². The summed E-state index contributed by atoms with van der Waals surface area (Å²) in [5.74, 6) is 1.42. The number of nitrogens with zero attached hydrogens (tertiary/aromatic N) is 4. The maximum Gasteiger partial charge on any atom is 0.271 e. The maximum atomic E-state index is 10.1. The van der Waals surface area contributed by atoms with Crippen LogP contribution in [0.4, 0.5) is 0 Å². The van der Waals surface area contributed by atoms with Gasteiger partial charge >= 0.3 is 0 Å². The molecule has 2 heterocycles. The summed E-state index contributed by atoms with van der Waals surface area (Å²) >= 11 is 0. The van der Waals surface area contributed by atoms with E-state index in [4.69, 9.17) is 22.0 Å². The summed E-state index contributed by atoms with van der Waals surface area (Å²) < 4.78 is 10.1. The van der Waals surface area contributed by atoms with Crippen LogP contribution in [0.25, 0.3) is 15.8 Å². The van der Waals surface area contributed by atoms with Gasteiger partial charge in [-0.1, -0.05) is 0 Å². The molecule has 0 aliphatic carbocycles. The Morgan fingerprint density at radius 1 is 1.07 bits per heavy atom. The highest BCUT2D eigenvalue weighted by molar-refractivity contribution is 5.85. The third-order valence-corrected chi connectivity index (χ3v) is 2.85. The van der Waals surface area contributed by atoms with E-state index >= 15 is 0 Å². The quantitative estimate of drug-likeness (QED) is 0.418. The lowest BCUT2D eigenvalue weighted by molar-refractivity contribution is -0.492. The molecule has 148 valence electrons. The number of hydrogen-bond donors (Lipinski definition) is 1. The molecule has 0 spiro atoms. The summed E-state index contributed by atoms with van der Waals surface area (Å²) in [4.78, 5) is 25.0. The van der Waals surface area contributed by atoms with Crippen molar-refractivity contribution in [1.29, 1.82) is 0 Å². The van der Waals surface area contributed by atoms with Crippen LogP contribution in [0.15, 0.2) is 39.3 Å². The average Bonchev–Trinajstić information content (AvgIpc) is 3.23. The minimum absolute atomic E-state index is 0. The lowest BCUT2D eigenvalue weighted by atomic mass is 10.3. The second-order valence-corrected chi connectivity index (χ2v) is 4.87. The Hall–Kier alpha value is -3.67. The molecule has 0 saturated heterocycles. The van der Waals surface area contributed by atoms with Gasteiger partial charge in [0, 0.05) is 4.92 Å². The summed E-state index contributed by atoms with van der Waals surface area (Å²) in [5, 5.41) is 29.3. The maximum absolute atomic E-state index is 10.1. The molecule has 2 aromatic rings. The first kappa shape index (κ1) is 24.3. The second-order valence-electron chi connectivity index (χ2n) is 4.87. The molecule has 2 rings (SSSR count). The Kier molecular flexibility index (Phi) is 11.0. The van der Waals surface area contributed by atoms with Crippen molar-refractivity contribution in [1.82, 2.24) is 0 Å². The van der Waals surface area contributed by atoms with Gasteiger partial charge in [-0.3, -0.25) is 20.2 Å². The topological polar surface area (TPSA) is 142 Å². The van der Waals surface area contributed by atoms with Crippen LogP contribution in [0.2, 0.25) is 0 Å². The van der Waals surface area contributed by atoms with Crippen LogP contribution in [-0.2, 0) is 13.1 Å². The molecule has 0 bridgehead atoms.